The van der Waals surface area contributed by atoms with Crippen molar-refractivity contribution < 1.29 is 0 Å². The summed E-state index contributed by atoms with van der Waals surface area (Å²) in [7, 11) is 0. The van der Waals surface area contributed by atoms with Crippen LogP contribution < -0.4 is 5.32 Å². The lowest BCUT2D eigenvalue weighted by atomic mass is 9.96. The lowest BCUT2D eigenvalue weighted by Crippen LogP contribution is -2.29. The smallest absolute Gasteiger partial charge is 0.158 e. The van der Waals surface area contributed by atoms with Crippen molar-refractivity contribution >= 4 is 5.65 Å². The first-order valence-electron chi connectivity index (χ1n) is 5.43. The van der Waals surface area contributed by atoms with Crippen molar-refractivity contribution in [1.82, 2.24) is 19.7 Å². The van der Waals surface area contributed by atoms with E-state index in [9.17, 15) is 0 Å². The largest absolute Gasteiger partial charge is 0.316 e. The van der Waals surface area contributed by atoms with Crippen molar-refractivity contribution in [3.8, 4) is 0 Å². The van der Waals surface area contributed by atoms with Gasteiger partial charge in [0.05, 0.1) is 5.69 Å². The van der Waals surface area contributed by atoms with Crippen LogP contribution in [0.5, 0.6) is 0 Å². The molecule has 0 spiro atoms. The summed E-state index contributed by atoms with van der Waals surface area (Å²) in [6.07, 6.45) is 10.1. The molecule has 4 nitrogen and oxygen atoms in total. The summed E-state index contributed by atoms with van der Waals surface area (Å²) < 4.78 is 2.04. The summed E-state index contributed by atoms with van der Waals surface area (Å²) >= 11 is 0. The first-order chi connectivity index (χ1) is 7.45. The second-order valence-electron chi connectivity index (χ2n) is 4.01. The maximum absolute atomic E-state index is 4.48. The van der Waals surface area contributed by atoms with Gasteiger partial charge in [-0.1, -0.05) is 0 Å². The Hall–Kier alpha value is -1.42. The van der Waals surface area contributed by atoms with Gasteiger partial charge in [0.25, 0.3) is 0 Å². The molecule has 0 amide bonds. The number of piperidine rings is 1. The maximum Gasteiger partial charge on any atom is 0.158 e. The van der Waals surface area contributed by atoms with Crippen LogP contribution >= 0.6 is 0 Å². The Morgan fingerprint density at radius 2 is 2.13 bits per heavy atom. The molecule has 15 heavy (non-hydrogen) atoms. The minimum atomic E-state index is 0.518. The predicted octanol–water partition coefficient (Wildman–Crippen LogP) is 1.20. The van der Waals surface area contributed by atoms with E-state index in [4.69, 9.17) is 0 Å². The Labute approximate surface area is 88.4 Å². The van der Waals surface area contributed by atoms with Crippen LogP contribution in [0.3, 0.4) is 0 Å². The molecule has 1 unspecified atom stereocenters. The summed E-state index contributed by atoms with van der Waals surface area (Å²) in [5.74, 6) is 0.518. The normalized spacial score (nSPS) is 22.0. The van der Waals surface area contributed by atoms with Crippen molar-refractivity contribution in [2.75, 3.05) is 13.1 Å². The van der Waals surface area contributed by atoms with Gasteiger partial charge < -0.3 is 9.72 Å². The molecule has 1 aliphatic rings. The fraction of sp³-hybridized carbons (Fsp3) is 0.455. The molecule has 2 aromatic rings. The maximum atomic E-state index is 4.48. The summed E-state index contributed by atoms with van der Waals surface area (Å²) in [4.78, 5) is 8.85. The molecule has 0 aliphatic carbocycles. The molecule has 78 valence electrons. The molecule has 2 aromatic heterocycles. The topological polar surface area (TPSA) is 42.2 Å². The molecule has 1 aliphatic heterocycles. The number of nitrogens with zero attached hydrogens (tertiary/aromatic N) is 3. The van der Waals surface area contributed by atoms with E-state index in [0.717, 1.165) is 24.4 Å². The molecule has 0 radical (unpaired) electrons. The Kier molecular flexibility index (Phi) is 2.14. The van der Waals surface area contributed by atoms with Gasteiger partial charge in [0.15, 0.2) is 5.65 Å². The molecule has 3 heterocycles. The van der Waals surface area contributed by atoms with Crippen LogP contribution in [0, 0.1) is 0 Å². The average Bonchev–Trinajstić information content (AvgIpc) is 2.78. The third-order valence-corrected chi connectivity index (χ3v) is 3.02. The number of rotatable bonds is 1. The van der Waals surface area contributed by atoms with Crippen molar-refractivity contribution in [3.05, 3.63) is 30.5 Å². The van der Waals surface area contributed by atoms with E-state index < -0.39 is 0 Å². The van der Waals surface area contributed by atoms with Crippen LogP contribution in [0.4, 0.5) is 0 Å². The van der Waals surface area contributed by atoms with Crippen LogP contribution in [-0.4, -0.2) is 27.5 Å². The van der Waals surface area contributed by atoms with Gasteiger partial charge in [-0.2, -0.15) is 0 Å². The molecule has 4 heteroatoms. The summed E-state index contributed by atoms with van der Waals surface area (Å²) in [5.41, 5.74) is 2.14. The molecule has 1 atom stereocenters. The van der Waals surface area contributed by atoms with Gasteiger partial charge in [0.1, 0.15) is 0 Å². The van der Waals surface area contributed by atoms with Crippen LogP contribution in [0.25, 0.3) is 5.65 Å². The Morgan fingerprint density at radius 1 is 1.27 bits per heavy atom. The van der Waals surface area contributed by atoms with Crippen LogP contribution in [0.2, 0.25) is 0 Å². The lowest BCUT2D eigenvalue weighted by molar-refractivity contribution is 0.455. The van der Waals surface area contributed by atoms with E-state index in [-0.39, 0.29) is 0 Å². The van der Waals surface area contributed by atoms with E-state index in [1.54, 1.807) is 0 Å². The van der Waals surface area contributed by atoms with E-state index in [1.807, 2.05) is 29.2 Å². The first kappa shape index (κ1) is 8.85. The zero-order valence-corrected chi connectivity index (χ0v) is 8.56. The average molecular weight is 202 g/mol. The zero-order valence-electron chi connectivity index (χ0n) is 8.56. The first-order valence-corrected chi connectivity index (χ1v) is 5.43. The fourth-order valence-electron chi connectivity index (χ4n) is 2.25. The fourth-order valence-corrected chi connectivity index (χ4v) is 2.25. The Bertz CT molecular complexity index is 456. The highest BCUT2D eigenvalue weighted by Gasteiger charge is 2.19. The molecule has 1 saturated heterocycles. The Morgan fingerprint density at radius 3 is 2.93 bits per heavy atom. The van der Waals surface area contributed by atoms with Crippen LogP contribution in [-0.2, 0) is 0 Å². The number of fused-ring (bicyclic) bond motifs is 1. The number of hydrogen-bond donors (Lipinski definition) is 1. The highest BCUT2D eigenvalue weighted by Crippen LogP contribution is 2.23. The number of hydrogen-bond acceptors (Lipinski definition) is 3. The SMILES string of the molecule is c1cn2ccnc2c(C2CCCNC2)n1. The molecule has 0 aromatic carbocycles. The molecule has 0 bridgehead atoms. The third-order valence-electron chi connectivity index (χ3n) is 3.02. The Balaban J connectivity index is 2.05. The second kappa shape index (κ2) is 3.62. The molecular formula is C11H14N4. The summed E-state index contributed by atoms with van der Waals surface area (Å²) in [6.45, 7) is 2.16. The number of nitrogens with one attached hydrogen (secondary N) is 1. The monoisotopic (exact) mass is 202 g/mol. The minimum absolute atomic E-state index is 0.518. The molecule has 3 rings (SSSR count). The molecule has 0 saturated carbocycles. The third kappa shape index (κ3) is 1.51. The highest BCUT2D eigenvalue weighted by atomic mass is 15.0. The van der Waals surface area contributed by atoms with Gasteiger partial charge in [0, 0.05) is 37.3 Å². The minimum Gasteiger partial charge on any atom is -0.316 e. The van der Waals surface area contributed by atoms with Crippen LogP contribution in [0.1, 0.15) is 24.5 Å². The quantitative estimate of drug-likeness (QED) is 0.755. The highest BCUT2D eigenvalue weighted by molar-refractivity contribution is 5.45. The van der Waals surface area contributed by atoms with Gasteiger partial charge in [-0.15, -0.1) is 0 Å². The predicted molar refractivity (Wildman–Crippen MR) is 57.8 cm³/mol. The van der Waals surface area contributed by atoms with Gasteiger partial charge in [-0.25, -0.2) is 4.98 Å². The number of imidazole rings is 1. The zero-order chi connectivity index (χ0) is 10.1. The number of aromatic nitrogens is 3. The van der Waals surface area contributed by atoms with Crippen molar-refractivity contribution in [2.45, 2.75) is 18.8 Å². The standard InChI is InChI=1S/C11H14N4/c1-2-9(8-12-3-1)10-11-14-5-7-15(11)6-4-13-10/h4-7,9,12H,1-3,8H2. The van der Waals surface area contributed by atoms with Gasteiger partial charge in [-0.3, -0.25) is 4.98 Å². The lowest BCUT2D eigenvalue weighted by Gasteiger charge is -2.22. The summed E-state index contributed by atoms with van der Waals surface area (Å²) in [5, 5.41) is 3.41. The van der Waals surface area contributed by atoms with Gasteiger partial charge in [-0.05, 0) is 19.4 Å². The van der Waals surface area contributed by atoms with Gasteiger partial charge in [0.2, 0.25) is 0 Å². The van der Waals surface area contributed by atoms with Gasteiger partial charge >= 0.3 is 0 Å². The van der Waals surface area contributed by atoms with E-state index in [1.165, 1.54) is 12.8 Å². The van der Waals surface area contributed by atoms with Crippen molar-refractivity contribution in [2.24, 2.45) is 0 Å². The van der Waals surface area contributed by atoms with E-state index >= 15 is 0 Å². The summed E-state index contributed by atoms with van der Waals surface area (Å²) in [6, 6.07) is 0. The van der Waals surface area contributed by atoms with Crippen molar-refractivity contribution in [3.63, 3.8) is 0 Å². The van der Waals surface area contributed by atoms with Crippen LogP contribution in [0.15, 0.2) is 24.8 Å². The van der Waals surface area contributed by atoms with Crippen molar-refractivity contribution in [1.29, 1.82) is 0 Å². The molecule has 1 N–H and O–H groups in total. The van der Waals surface area contributed by atoms with E-state index in [0.29, 0.717) is 5.92 Å². The molecular weight excluding hydrogens is 188 g/mol. The van der Waals surface area contributed by atoms with E-state index in [2.05, 4.69) is 15.3 Å². The molecule has 1 fully saturated rings. The second-order valence-corrected chi connectivity index (χ2v) is 4.01.